The molecule has 4 nitrogen and oxygen atoms in total. The van der Waals surface area contributed by atoms with E-state index in [2.05, 4.69) is 20.7 Å². The Kier molecular flexibility index (Phi) is 7.45. The summed E-state index contributed by atoms with van der Waals surface area (Å²) < 4.78 is 28.5. The molecule has 0 saturated heterocycles. The summed E-state index contributed by atoms with van der Waals surface area (Å²) in [5, 5.41) is 0. The van der Waals surface area contributed by atoms with Gasteiger partial charge in [0.05, 0.1) is 3.79 Å². The van der Waals surface area contributed by atoms with Crippen molar-refractivity contribution in [1.29, 1.82) is 0 Å². The van der Waals surface area contributed by atoms with Crippen molar-refractivity contribution in [3.8, 4) is 0 Å². The van der Waals surface area contributed by atoms with Gasteiger partial charge in [-0.05, 0) is 46.8 Å². The number of hydrogen-bond donors (Lipinski definition) is 2. The first-order chi connectivity index (χ1) is 9.03. The fraction of sp³-hybridized carbons (Fsp3) is 0.667. The van der Waals surface area contributed by atoms with Gasteiger partial charge in [-0.1, -0.05) is 19.3 Å². The molecular weight excluding hydrogens is 384 g/mol. The van der Waals surface area contributed by atoms with Gasteiger partial charge >= 0.3 is 0 Å². The molecule has 1 aromatic heterocycles. The van der Waals surface area contributed by atoms with E-state index in [9.17, 15) is 8.42 Å². The van der Waals surface area contributed by atoms with Gasteiger partial charge in [0.1, 0.15) is 4.21 Å². The normalized spacial score (nSPS) is 18.5. The number of nitrogens with two attached hydrogens (primary N) is 1. The Balaban J connectivity index is 0.00000200. The third-order valence-corrected chi connectivity index (χ3v) is 7.20. The molecule has 2 rings (SSSR count). The van der Waals surface area contributed by atoms with Crippen LogP contribution in [0.3, 0.4) is 0 Å². The lowest BCUT2D eigenvalue weighted by atomic mass is 9.84. The quantitative estimate of drug-likeness (QED) is 0.793. The number of hydrogen-bond acceptors (Lipinski definition) is 4. The second-order valence-electron chi connectivity index (χ2n) is 4.92. The van der Waals surface area contributed by atoms with Crippen molar-refractivity contribution in [2.45, 2.75) is 42.4 Å². The standard InChI is InChI=1S/C12H19BrN2O2S2.ClH/c13-11-6-7-12(18-11)19(16,17)15-10(8-14)9-4-2-1-3-5-9;/h6-7,9-10,15H,1-5,8,14H2;1H. The second-order valence-corrected chi connectivity index (χ2v) is 9.32. The number of nitrogens with one attached hydrogen (secondary N) is 1. The van der Waals surface area contributed by atoms with Crippen molar-refractivity contribution >= 4 is 49.7 Å². The predicted molar refractivity (Wildman–Crippen MR) is 89.0 cm³/mol. The molecule has 1 aliphatic carbocycles. The van der Waals surface area contributed by atoms with Crippen molar-refractivity contribution in [2.75, 3.05) is 6.54 Å². The molecule has 1 heterocycles. The maximum atomic E-state index is 12.3. The van der Waals surface area contributed by atoms with Crippen LogP contribution in [0.1, 0.15) is 32.1 Å². The highest BCUT2D eigenvalue weighted by Gasteiger charge is 2.28. The zero-order valence-electron chi connectivity index (χ0n) is 11.0. The Morgan fingerprint density at radius 1 is 1.35 bits per heavy atom. The molecule has 1 fully saturated rings. The van der Waals surface area contributed by atoms with Crippen molar-refractivity contribution in [2.24, 2.45) is 11.7 Å². The van der Waals surface area contributed by atoms with Crippen LogP contribution in [0.5, 0.6) is 0 Å². The van der Waals surface area contributed by atoms with Crippen LogP contribution in [0.2, 0.25) is 0 Å². The SMILES string of the molecule is Cl.NCC(NS(=O)(=O)c1ccc(Br)s1)C1CCCCC1. The van der Waals surface area contributed by atoms with E-state index in [-0.39, 0.29) is 18.4 Å². The Labute approximate surface area is 139 Å². The third-order valence-electron chi connectivity index (χ3n) is 3.59. The number of sulfonamides is 1. The van der Waals surface area contributed by atoms with E-state index in [0.29, 0.717) is 16.7 Å². The summed E-state index contributed by atoms with van der Waals surface area (Å²) in [6, 6.07) is 3.22. The smallest absolute Gasteiger partial charge is 0.250 e. The van der Waals surface area contributed by atoms with Crippen LogP contribution in [0.15, 0.2) is 20.1 Å². The molecule has 8 heteroatoms. The van der Waals surface area contributed by atoms with Gasteiger partial charge in [-0.25, -0.2) is 13.1 Å². The van der Waals surface area contributed by atoms with Crippen molar-refractivity contribution in [1.82, 2.24) is 4.72 Å². The molecule has 0 bridgehead atoms. The van der Waals surface area contributed by atoms with Crippen LogP contribution in [-0.2, 0) is 10.0 Å². The van der Waals surface area contributed by atoms with Crippen LogP contribution in [0.4, 0.5) is 0 Å². The second kappa shape index (κ2) is 8.10. The average molecular weight is 404 g/mol. The third kappa shape index (κ3) is 4.68. The summed E-state index contributed by atoms with van der Waals surface area (Å²) in [6.07, 6.45) is 5.73. The summed E-state index contributed by atoms with van der Waals surface area (Å²) in [4.78, 5) is 0. The predicted octanol–water partition coefficient (Wildman–Crippen LogP) is 3.12. The molecule has 3 N–H and O–H groups in total. The summed E-state index contributed by atoms with van der Waals surface area (Å²) in [7, 11) is -3.44. The highest BCUT2D eigenvalue weighted by Crippen LogP contribution is 2.29. The molecule has 0 radical (unpaired) electrons. The summed E-state index contributed by atoms with van der Waals surface area (Å²) in [6.45, 7) is 0.358. The van der Waals surface area contributed by atoms with E-state index in [0.717, 1.165) is 16.6 Å². The minimum Gasteiger partial charge on any atom is -0.329 e. The largest absolute Gasteiger partial charge is 0.329 e. The Morgan fingerprint density at radius 2 is 2.00 bits per heavy atom. The van der Waals surface area contributed by atoms with Gasteiger partial charge in [-0.15, -0.1) is 23.7 Å². The Bertz CT molecular complexity index is 515. The van der Waals surface area contributed by atoms with Crippen LogP contribution in [0.25, 0.3) is 0 Å². The van der Waals surface area contributed by atoms with Gasteiger partial charge in [0.25, 0.3) is 0 Å². The van der Waals surface area contributed by atoms with Crippen LogP contribution >= 0.6 is 39.7 Å². The van der Waals surface area contributed by atoms with E-state index in [1.807, 2.05) is 0 Å². The summed E-state index contributed by atoms with van der Waals surface area (Å²) in [5.41, 5.74) is 5.76. The molecule has 1 unspecified atom stereocenters. The number of thiophene rings is 1. The summed E-state index contributed by atoms with van der Waals surface area (Å²) in [5.74, 6) is 0.372. The minimum atomic E-state index is -3.44. The molecule has 116 valence electrons. The van der Waals surface area contributed by atoms with Gasteiger partial charge in [0.15, 0.2) is 0 Å². The fourth-order valence-corrected chi connectivity index (χ4v) is 5.92. The maximum Gasteiger partial charge on any atom is 0.250 e. The molecule has 0 aromatic carbocycles. The first kappa shape index (κ1) is 18.4. The van der Waals surface area contributed by atoms with Gasteiger partial charge in [-0.2, -0.15) is 0 Å². The zero-order valence-corrected chi connectivity index (χ0v) is 15.1. The molecule has 1 aromatic rings. The van der Waals surface area contributed by atoms with Crippen LogP contribution in [-0.4, -0.2) is 21.0 Å². The summed E-state index contributed by atoms with van der Waals surface area (Å²) >= 11 is 4.51. The van der Waals surface area contributed by atoms with E-state index >= 15 is 0 Å². The van der Waals surface area contributed by atoms with Crippen molar-refractivity contribution in [3.63, 3.8) is 0 Å². The highest BCUT2D eigenvalue weighted by atomic mass is 79.9. The lowest BCUT2D eigenvalue weighted by molar-refractivity contribution is 0.294. The van der Waals surface area contributed by atoms with Crippen LogP contribution in [0, 0.1) is 5.92 Å². The number of rotatable bonds is 5. The van der Waals surface area contributed by atoms with Gasteiger partial charge in [0.2, 0.25) is 10.0 Å². The van der Waals surface area contributed by atoms with Gasteiger partial charge < -0.3 is 5.73 Å². The highest BCUT2D eigenvalue weighted by molar-refractivity contribution is 9.11. The Hall–Kier alpha value is 0.340. The van der Waals surface area contributed by atoms with Crippen LogP contribution < -0.4 is 10.5 Å². The molecular formula is C12H20BrClN2O2S2. The molecule has 0 aliphatic heterocycles. The number of halogens is 2. The maximum absolute atomic E-state index is 12.3. The minimum absolute atomic E-state index is 0. The molecule has 1 aliphatic rings. The zero-order chi connectivity index (χ0) is 13.9. The van der Waals surface area contributed by atoms with Gasteiger partial charge in [-0.3, -0.25) is 0 Å². The molecule has 0 amide bonds. The van der Waals surface area contributed by atoms with E-state index in [1.165, 1.54) is 30.6 Å². The van der Waals surface area contributed by atoms with Crippen molar-refractivity contribution in [3.05, 3.63) is 15.9 Å². The lowest BCUT2D eigenvalue weighted by Gasteiger charge is -2.29. The Morgan fingerprint density at radius 3 is 2.50 bits per heavy atom. The molecule has 1 atom stereocenters. The fourth-order valence-electron chi connectivity index (χ4n) is 2.57. The topological polar surface area (TPSA) is 72.2 Å². The molecule has 0 spiro atoms. The van der Waals surface area contributed by atoms with E-state index in [1.54, 1.807) is 12.1 Å². The average Bonchev–Trinajstić information content (AvgIpc) is 2.85. The molecule has 20 heavy (non-hydrogen) atoms. The first-order valence-corrected chi connectivity index (χ1v) is 9.60. The lowest BCUT2D eigenvalue weighted by Crippen LogP contribution is -2.45. The van der Waals surface area contributed by atoms with E-state index < -0.39 is 10.0 Å². The first-order valence-electron chi connectivity index (χ1n) is 6.50. The molecule has 1 saturated carbocycles. The van der Waals surface area contributed by atoms with Gasteiger partial charge in [0, 0.05) is 12.6 Å². The monoisotopic (exact) mass is 402 g/mol. The van der Waals surface area contributed by atoms with E-state index in [4.69, 9.17) is 5.73 Å². The van der Waals surface area contributed by atoms with Crippen molar-refractivity contribution < 1.29 is 8.42 Å².